The van der Waals surface area contributed by atoms with E-state index in [1.807, 2.05) is 13.0 Å². The van der Waals surface area contributed by atoms with Crippen LogP contribution in [0.1, 0.15) is 36.5 Å². The number of alkyl halides is 3. The second-order valence-corrected chi connectivity index (χ2v) is 10.4. The highest BCUT2D eigenvalue weighted by molar-refractivity contribution is 7.89. The van der Waals surface area contributed by atoms with Gasteiger partial charge >= 0.3 is 6.18 Å². The fourth-order valence-electron chi connectivity index (χ4n) is 3.73. The Morgan fingerprint density at radius 1 is 1.16 bits per heavy atom. The molecule has 2 aromatic rings. The summed E-state index contributed by atoms with van der Waals surface area (Å²) in [7, 11) is -4.57. The van der Waals surface area contributed by atoms with Crippen LogP contribution in [0.15, 0.2) is 41.3 Å². The Balaban J connectivity index is 1.93. The Kier molecular flexibility index (Phi) is 8.35. The summed E-state index contributed by atoms with van der Waals surface area (Å²) in [5.41, 5.74) is -3.71. The molecule has 37 heavy (non-hydrogen) atoms. The van der Waals surface area contributed by atoms with Crippen molar-refractivity contribution in [2.45, 2.75) is 42.5 Å². The molecule has 1 fully saturated rings. The van der Waals surface area contributed by atoms with Gasteiger partial charge in [0.1, 0.15) is 17.8 Å². The molecule has 2 aromatic carbocycles. The molecule has 2 N–H and O–H groups in total. The lowest BCUT2D eigenvalue weighted by molar-refractivity contribution is -0.137. The zero-order valence-corrected chi connectivity index (χ0v) is 20.5. The van der Waals surface area contributed by atoms with Gasteiger partial charge in [0, 0.05) is 12.6 Å². The zero-order chi connectivity index (χ0) is 27.4. The molecule has 198 valence electrons. The van der Waals surface area contributed by atoms with Crippen LogP contribution in [0.25, 0.3) is 0 Å². The van der Waals surface area contributed by atoms with Crippen LogP contribution in [0.2, 0.25) is 0 Å². The number of rotatable bonds is 9. The topological polar surface area (TPSA) is 144 Å². The normalized spacial score (nSPS) is 20.3. The molecule has 3 rings (SSSR count). The molecule has 1 aliphatic heterocycles. The van der Waals surface area contributed by atoms with Crippen LogP contribution < -0.4 is 9.47 Å². The quantitative estimate of drug-likeness (QED) is 0.463. The average molecular weight is 540 g/mol. The number of hydrogen-bond donors (Lipinski definition) is 2. The van der Waals surface area contributed by atoms with Crippen molar-refractivity contribution in [3.63, 3.8) is 0 Å². The Morgan fingerprint density at radius 2 is 1.89 bits per heavy atom. The first-order chi connectivity index (χ1) is 17.4. The van der Waals surface area contributed by atoms with Gasteiger partial charge in [0.05, 0.1) is 47.4 Å². The molecule has 0 amide bonds. The van der Waals surface area contributed by atoms with Crippen LogP contribution in [-0.4, -0.2) is 60.9 Å². The minimum Gasteiger partial charge on any atom is -0.490 e. The van der Waals surface area contributed by atoms with Gasteiger partial charge in [0.2, 0.25) is 10.0 Å². The van der Waals surface area contributed by atoms with Gasteiger partial charge < -0.3 is 19.7 Å². The number of ether oxygens (including phenoxy) is 2. The van der Waals surface area contributed by atoms with Crippen LogP contribution in [0.3, 0.4) is 0 Å². The molecule has 2 atom stereocenters. The molecular weight excluding hydrogens is 515 g/mol. The molecule has 0 aromatic heterocycles. The lowest BCUT2D eigenvalue weighted by Crippen LogP contribution is -2.48. The van der Waals surface area contributed by atoms with Crippen LogP contribution in [-0.2, 0) is 16.2 Å². The third-order valence-corrected chi connectivity index (χ3v) is 7.71. The van der Waals surface area contributed by atoms with E-state index in [-0.39, 0.29) is 17.1 Å². The highest BCUT2D eigenvalue weighted by Crippen LogP contribution is 2.37. The van der Waals surface area contributed by atoms with Crippen molar-refractivity contribution in [3.8, 4) is 23.6 Å². The average Bonchev–Trinajstić information content (AvgIpc) is 3.21. The van der Waals surface area contributed by atoms with Crippen LogP contribution in [0, 0.1) is 22.7 Å². The van der Waals surface area contributed by atoms with E-state index in [0.29, 0.717) is 31.2 Å². The predicted molar refractivity (Wildman–Crippen MR) is 123 cm³/mol. The third-order valence-electron chi connectivity index (χ3n) is 5.84. The number of benzene rings is 2. The lowest BCUT2D eigenvalue weighted by atomic mass is 10.0. The Hall–Kier alpha value is -3.36. The minimum atomic E-state index is -4.78. The number of aliphatic hydroxyl groups excluding tert-OH is 1. The molecular formula is C24H24F3N3O6S. The predicted octanol–water partition coefficient (Wildman–Crippen LogP) is 2.80. The van der Waals surface area contributed by atoms with Crippen molar-refractivity contribution in [2.24, 2.45) is 0 Å². The number of aliphatic hydroxyl groups is 2. The molecule has 0 aliphatic carbocycles. The number of sulfonamides is 1. The van der Waals surface area contributed by atoms with E-state index in [1.54, 1.807) is 0 Å². The number of halogens is 3. The standard InChI is InChI=1S/C24H24F3N3O6S/c1-2-3-8-35-20-9-16(11-28)4-6-19(20)36-22-13-30(14-23(22,32)15-31)37(33,34)21-7-5-18(24(25,26)27)10-17(21)12-29/h4-7,9-10,22,31-32H,2-3,8,13-15H2,1H3/t22-,23+/m0/s1. The monoisotopic (exact) mass is 539 g/mol. The van der Waals surface area contributed by atoms with E-state index in [0.717, 1.165) is 10.7 Å². The zero-order valence-electron chi connectivity index (χ0n) is 19.7. The second-order valence-electron chi connectivity index (χ2n) is 8.46. The van der Waals surface area contributed by atoms with E-state index in [9.17, 15) is 42.3 Å². The first kappa shape index (κ1) is 28.2. The van der Waals surface area contributed by atoms with E-state index in [1.165, 1.54) is 24.3 Å². The van der Waals surface area contributed by atoms with Crippen molar-refractivity contribution in [3.05, 3.63) is 53.1 Å². The maximum Gasteiger partial charge on any atom is 0.416 e. The molecule has 1 heterocycles. The smallest absolute Gasteiger partial charge is 0.416 e. The van der Waals surface area contributed by atoms with E-state index in [2.05, 4.69) is 0 Å². The van der Waals surface area contributed by atoms with E-state index < -0.39 is 63.6 Å². The summed E-state index contributed by atoms with van der Waals surface area (Å²) < 4.78 is 78.0. The maximum atomic E-state index is 13.3. The van der Waals surface area contributed by atoms with Gasteiger partial charge in [-0.25, -0.2) is 8.42 Å². The van der Waals surface area contributed by atoms with E-state index >= 15 is 0 Å². The van der Waals surface area contributed by atoms with Crippen molar-refractivity contribution < 1.29 is 41.3 Å². The third kappa shape index (κ3) is 5.97. The van der Waals surface area contributed by atoms with Gasteiger partial charge in [-0.15, -0.1) is 0 Å². The summed E-state index contributed by atoms with van der Waals surface area (Å²) >= 11 is 0. The fraction of sp³-hybridized carbons (Fsp3) is 0.417. The molecule has 0 bridgehead atoms. The van der Waals surface area contributed by atoms with Gasteiger partial charge in [0.25, 0.3) is 0 Å². The first-order valence-corrected chi connectivity index (χ1v) is 12.6. The van der Waals surface area contributed by atoms with Crippen molar-refractivity contribution in [1.82, 2.24) is 4.31 Å². The summed E-state index contributed by atoms with van der Waals surface area (Å²) in [6.07, 6.45) is -4.55. The van der Waals surface area contributed by atoms with Gasteiger partial charge in [0.15, 0.2) is 11.5 Å². The fourth-order valence-corrected chi connectivity index (χ4v) is 5.36. The molecule has 0 spiro atoms. The minimum absolute atomic E-state index is 0.0958. The van der Waals surface area contributed by atoms with Gasteiger partial charge in [-0.2, -0.15) is 28.0 Å². The van der Waals surface area contributed by atoms with Crippen LogP contribution >= 0.6 is 0 Å². The molecule has 0 radical (unpaired) electrons. The second kappa shape index (κ2) is 10.9. The molecule has 0 saturated carbocycles. The highest BCUT2D eigenvalue weighted by atomic mass is 32.2. The van der Waals surface area contributed by atoms with Crippen molar-refractivity contribution in [1.29, 1.82) is 10.5 Å². The summed E-state index contributed by atoms with van der Waals surface area (Å²) in [4.78, 5) is -0.675. The molecule has 1 aliphatic rings. The van der Waals surface area contributed by atoms with Gasteiger partial charge in [-0.3, -0.25) is 0 Å². The summed E-state index contributed by atoms with van der Waals surface area (Å²) in [6, 6.07) is 9.38. The number of nitriles is 2. The molecule has 9 nitrogen and oxygen atoms in total. The maximum absolute atomic E-state index is 13.3. The SMILES string of the molecule is CCCCOc1cc(C#N)ccc1O[C@H]1CN(S(=O)(=O)c2ccc(C(F)(F)F)cc2C#N)C[C@@]1(O)CO. The largest absolute Gasteiger partial charge is 0.490 e. The first-order valence-electron chi connectivity index (χ1n) is 11.2. The summed E-state index contributed by atoms with van der Waals surface area (Å²) in [5, 5.41) is 39.4. The lowest BCUT2D eigenvalue weighted by Gasteiger charge is -2.27. The van der Waals surface area contributed by atoms with E-state index in [4.69, 9.17) is 9.47 Å². The molecule has 13 heteroatoms. The summed E-state index contributed by atoms with van der Waals surface area (Å²) in [6.45, 7) is 0.228. The summed E-state index contributed by atoms with van der Waals surface area (Å²) in [5.74, 6) is 0.280. The number of unbranched alkanes of at least 4 members (excludes halogenated alkanes) is 1. The van der Waals surface area contributed by atoms with Crippen LogP contribution in [0.5, 0.6) is 11.5 Å². The Bertz CT molecular complexity index is 1340. The number of hydrogen-bond acceptors (Lipinski definition) is 8. The number of β-amino-alcohol motifs (C(OH)–C–C–N with tert-alkyl or cyclic N) is 1. The highest BCUT2D eigenvalue weighted by Gasteiger charge is 2.51. The van der Waals surface area contributed by atoms with Gasteiger partial charge in [-0.05, 0) is 36.8 Å². The Labute approximate surface area is 211 Å². The number of nitrogens with zero attached hydrogens (tertiary/aromatic N) is 3. The Morgan fingerprint density at radius 3 is 2.49 bits per heavy atom. The van der Waals surface area contributed by atoms with Crippen molar-refractivity contribution >= 4 is 10.0 Å². The molecule has 0 unspecified atom stereocenters. The van der Waals surface area contributed by atoms with Crippen molar-refractivity contribution in [2.75, 3.05) is 26.3 Å². The van der Waals surface area contributed by atoms with Crippen LogP contribution in [0.4, 0.5) is 13.2 Å². The van der Waals surface area contributed by atoms with Gasteiger partial charge in [-0.1, -0.05) is 13.3 Å². The molecule has 1 saturated heterocycles.